The molecule has 0 aromatic heterocycles. The highest BCUT2D eigenvalue weighted by atomic mass is 32.2. The summed E-state index contributed by atoms with van der Waals surface area (Å²) in [6.45, 7) is 1.55. The van der Waals surface area contributed by atoms with Crippen LogP contribution in [0.2, 0.25) is 0 Å². The predicted molar refractivity (Wildman–Crippen MR) is 102 cm³/mol. The van der Waals surface area contributed by atoms with Crippen LogP contribution >= 0.6 is 0 Å². The third kappa shape index (κ3) is 3.68. The van der Waals surface area contributed by atoms with Gasteiger partial charge in [-0.05, 0) is 41.8 Å². The van der Waals surface area contributed by atoms with Gasteiger partial charge in [-0.2, -0.15) is 0 Å². The predicted octanol–water partition coefficient (Wildman–Crippen LogP) is 2.79. The van der Waals surface area contributed by atoms with Crippen LogP contribution in [0, 0.1) is 0 Å². The van der Waals surface area contributed by atoms with Crippen molar-refractivity contribution in [2.45, 2.75) is 23.1 Å². The van der Waals surface area contributed by atoms with Crippen molar-refractivity contribution in [3.8, 4) is 11.1 Å². The molecule has 0 atom stereocenters. The fourth-order valence-electron chi connectivity index (χ4n) is 3.03. The van der Waals surface area contributed by atoms with Gasteiger partial charge >= 0.3 is 5.97 Å². The first-order chi connectivity index (χ1) is 12.7. The van der Waals surface area contributed by atoms with Crippen LogP contribution in [0.3, 0.4) is 0 Å². The van der Waals surface area contributed by atoms with Gasteiger partial charge in [0.15, 0.2) is 19.7 Å². The molecule has 2 aromatic carbocycles. The Kier molecular flexibility index (Phi) is 4.96. The molecule has 0 radical (unpaired) electrons. The number of aliphatic carboxylic acids is 1. The van der Waals surface area contributed by atoms with E-state index in [0.29, 0.717) is 11.1 Å². The van der Waals surface area contributed by atoms with Crippen molar-refractivity contribution >= 4 is 31.7 Å². The molecule has 1 heterocycles. The van der Waals surface area contributed by atoms with E-state index in [0.717, 1.165) is 0 Å². The van der Waals surface area contributed by atoms with Crippen LogP contribution in [-0.4, -0.2) is 39.4 Å². The van der Waals surface area contributed by atoms with Gasteiger partial charge in [-0.25, -0.2) is 21.6 Å². The van der Waals surface area contributed by atoms with Gasteiger partial charge in [-0.3, -0.25) is 0 Å². The van der Waals surface area contributed by atoms with Crippen molar-refractivity contribution < 1.29 is 26.7 Å². The van der Waals surface area contributed by atoms with Gasteiger partial charge in [0.05, 0.1) is 21.3 Å². The molecule has 1 aliphatic rings. The van der Waals surface area contributed by atoms with E-state index in [1.807, 2.05) is 0 Å². The maximum atomic E-state index is 12.5. The Bertz CT molecular complexity index is 1160. The Morgan fingerprint density at radius 2 is 1.85 bits per heavy atom. The topological polar surface area (TPSA) is 106 Å². The van der Waals surface area contributed by atoms with E-state index in [2.05, 4.69) is 0 Å². The van der Waals surface area contributed by atoms with E-state index in [4.69, 9.17) is 0 Å². The molecule has 0 bridgehead atoms. The molecular weight excluding hydrogens is 388 g/mol. The Labute approximate surface area is 158 Å². The summed E-state index contributed by atoms with van der Waals surface area (Å²) in [5, 5.41) is 9.29. The molecule has 0 unspecified atom stereocenters. The van der Waals surface area contributed by atoms with Crippen LogP contribution in [0.5, 0.6) is 0 Å². The van der Waals surface area contributed by atoms with E-state index < -0.39 is 25.6 Å². The lowest BCUT2D eigenvalue weighted by Crippen LogP contribution is -2.09. The number of rotatable bonds is 4. The standard InChI is InChI=1S/C19H18O6S2/c1-2-26(22,23)18-6-4-3-5-16(18)13-7-8-17-15(11-13)12-14(19(20)21)9-10-27(17,24)25/h3-8,11-12H,2,9-10H2,1H3,(H,20,21). The van der Waals surface area contributed by atoms with Crippen LogP contribution in [0.15, 0.2) is 57.8 Å². The van der Waals surface area contributed by atoms with Crippen LogP contribution in [0.25, 0.3) is 17.2 Å². The first-order valence-electron chi connectivity index (χ1n) is 8.28. The third-order valence-electron chi connectivity index (χ3n) is 4.50. The van der Waals surface area contributed by atoms with Gasteiger partial charge in [-0.1, -0.05) is 31.2 Å². The summed E-state index contributed by atoms with van der Waals surface area (Å²) in [7, 11) is -7.10. The Hall–Kier alpha value is -2.45. The molecule has 1 aliphatic heterocycles. The van der Waals surface area contributed by atoms with E-state index in [1.165, 1.54) is 24.3 Å². The Morgan fingerprint density at radius 1 is 1.15 bits per heavy atom. The number of hydrogen-bond acceptors (Lipinski definition) is 5. The van der Waals surface area contributed by atoms with Crippen molar-refractivity contribution in [2.24, 2.45) is 0 Å². The SMILES string of the molecule is CCS(=O)(=O)c1ccccc1-c1ccc2c(c1)C=C(C(=O)O)CCS2(=O)=O. The number of fused-ring (bicyclic) bond motifs is 1. The summed E-state index contributed by atoms with van der Waals surface area (Å²) in [6, 6.07) is 11.0. The summed E-state index contributed by atoms with van der Waals surface area (Å²) in [6.07, 6.45) is 1.27. The van der Waals surface area contributed by atoms with Gasteiger partial charge in [0.1, 0.15) is 0 Å². The van der Waals surface area contributed by atoms with Crippen molar-refractivity contribution in [3.05, 3.63) is 53.6 Å². The van der Waals surface area contributed by atoms with Crippen molar-refractivity contribution in [3.63, 3.8) is 0 Å². The highest BCUT2D eigenvalue weighted by Gasteiger charge is 2.25. The zero-order valence-corrected chi connectivity index (χ0v) is 16.2. The van der Waals surface area contributed by atoms with Gasteiger partial charge in [0.25, 0.3) is 0 Å². The number of carboxylic acids is 1. The summed E-state index contributed by atoms with van der Waals surface area (Å²) >= 11 is 0. The van der Waals surface area contributed by atoms with Gasteiger partial charge in [-0.15, -0.1) is 0 Å². The van der Waals surface area contributed by atoms with Gasteiger partial charge in [0, 0.05) is 11.1 Å². The van der Waals surface area contributed by atoms with Crippen LogP contribution < -0.4 is 0 Å². The molecule has 6 nitrogen and oxygen atoms in total. The maximum absolute atomic E-state index is 12.5. The molecule has 8 heteroatoms. The van der Waals surface area contributed by atoms with Crippen molar-refractivity contribution in [1.82, 2.24) is 0 Å². The number of hydrogen-bond donors (Lipinski definition) is 1. The Morgan fingerprint density at radius 3 is 2.52 bits per heavy atom. The second-order valence-corrected chi connectivity index (χ2v) is 10.5. The normalized spacial score (nSPS) is 16.1. The number of carbonyl (C=O) groups is 1. The minimum absolute atomic E-state index is 0.00365. The smallest absolute Gasteiger partial charge is 0.331 e. The molecule has 0 amide bonds. The molecule has 142 valence electrons. The molecule has 0 aliphatic carbocycles. The number of sulfone groups is 2. The maximum Gasteiger partial charge on any atom is 0.331 e. The lowest BCUT2D eigenvalue weighted by atomic mass is 10.0. The number of benzene rings is 2. The monoisotopic (exact) mass is 406 g/mol. The molecular formula is C19H18O6S2. The lowest BCUT2D eigenvalue weighted by molar-refractivity contribution is -0.132. The minimum Gasteiger partial charge on any atom is -0.478 e. The highest BCUT2D eigenvalue weighted by molar-refractivity contribution is 7.91. The summed E-state index contributed by atoms with van der Waals surface area (Å²) in [5.74, 6) is -1.51. The fraction of sp³-hybridized carbons (Fsp3) is 0.211. The molecule has 0 saturated heterocycles. The van der Waals surface area contributed by atoms with Crippen LogP contribution in [0.1, 0.15) is 18.9 Å². The molecule has 0 saturated carbocycles. The summed E-state index contributed by atoms with van der Waals surface area (Å²) in [5.41, 5.74) is 1.23. The van der Waals surface area contributed by atoms with Gasteiger partial charge < -0.3 is 5.11 Å². The largest absolute Gasteiger partial charge is 0.478 e. The quantitative estimate of drug-likeness (QED) is 0.837. The van der Waals surface area contributed by atoms with E-state index >= 15 is 0 Å². The molecule has 0 spiro atoms. The van der Waals surface area contributed by atoms with E-state index in [-0.39, 0.29) is 38.9 Å². The summed E-state index contributed by atoms with van der Waals surface area (Å²) < 4.78 is 49.7. The molecule has 27 heavy (non-hydrogen) atoms. The van der Waals surface area contributed by atoms with Crippen molar-refractivity contribution in [1.29, 1.82) is 0 Å². The van der Waals surface area contributed by atoms with Crippen LogP contribution in [0.4, 0.5) is 0 Å². The first kappa shape index (κ1) is 19.3. The number of carboxylic acid groups (broad SMARTS) is 1. The van der Waals surface area contributed by atoms with E-state index in [1.54, 1.807) is 31.2 Å². The fourth-order valence-corrected chi connectivity index (χ4v) is 5.61. The van der Waals surface area contributed by atoms with Crippen LogP contribution in [-0.2, 0) is 24.5 Å². The average molecular weight is 406 g/mol. The first-order valence-corrected chi connectivity index (χ1v) is 11.6. The average Bonchev–Trinajstić information content (AvgIpc) is 2.77. The third-order valence-corrected chi connectivity index (χ3v) is 8.07. The zero-order chi connectivity index (χ0) is 19.8. The zero-order valence-electron chi connectivity index (χ0n) is 14.5. The minimum atomic E-state index is -3.62. The lowest BCUT2D eigenvalue weighted by Gasteiger charge is -2.12. The molecule has 2 aromatic rings. The molecule has 3 rings (SSSR count). The molecule has 1 N–H and O–H groups in total. The second-order valence-electron chi connectivity index (χ2n) is 6.20. The highest BCUT2D eigenvalue weighted by Crippen LogP contribution is 2.33. The molecule has 0 fully saturated rings. The van der Waals surface area contributed by atoms with Gasteiger partial charge in [0.2, 0.25) is 0 Å². The Balaban J connectivity index is 2.26. The van der Waals surface area contributed by atoms with E-state index in [9.17, 15) is 26.7 Å². The van der Waals surface area contributed by atoms with Crippen molar-refractivity contribution in [2.75, 3.05) is 11.5 Å². The summed E-state index contributed by atoms with van der Waals surface area (Å²) in [4.78, 5) is 11.6. The second kappa shape index (κ2) is 6.94.